The van der Waals surface area contributed by atoms with E-state index in [4.69, 9.17) is 21.1 Å². The Morgan fingerprint density at radius 2 is 2.16 bits per heavy atom. The number of rotatable bonds is 6. The van der Waals surface area contributed by atoms with E-state index in [1.807, 2.05) is 37.4 Å². The number of carbonyl (C=O) groups excluding carboxylic acids is 1. The Morgan fingerprint density at radius 1 is 1.32 bits per heavy atom. The van der Waals surface area contributed by atoms with Crippen molar-refractivity contribution in [1.29, 1.82) is 0 Å². The minimum atomic E-state index is -0.00767. The molecule has 0 spiro atoms. The number of carbonyl (C=O) groups is 1. The van der Waals surface area contributed by atoms with Gasteiger partial charge in [-0.05, 0) is 36.8 Å². The van der Waals surface area contributed by atoms with E-state index in [2.05, 4.69) is 26.2 Å². The number of pyridine rings is 1. The first-order chi connectivity index (χ1) is 15.1. The second kappa shape index (κ2) is 10.4. The van der Waals surface area contributed by atoms with Gasteiger partial charge in [0.05, 0.1) is 25.8 Å². The largest absolute Gasteiger partial charge is 0.489 e. The Bertz CT molecular complexity index is 876. The molecule has 0 radical (unpaired) electrons. The highest BCUT2D eigenvalue weighted by Crippen LogP contribution is 2.28. The molecule has 3 heterocycles. The van der Waals surface area contributed by atoms with Crippen molar-refractivity contribution in [2.45, 2.75) is 25.6 Å². The monoisotopic (exact) mass is 444 g/mol. The third-order valence-corrected chi connectivity index (χ3v) is 5.91. The Labute approximate surface area is 188 Å². The predicted molar refractivity (Wildman–Crippen MR) is 119 cm³/mol. The number of hydrogen-bond acceptors (Lipinski definition) is 6. The summed E-state index contributed by atoms with van der Waals surface area (Å²) in [7, 11) is 0. The van der Waals surface area contributed by atoms with E-state index in [0.717, 1.165) is 30.0 Å². The predicted octanol–water partition coefficient (Wildman–Crippen LogP) is 2.51. The van der Waals surface area contributed by atoms with Crippen LogP contribution in [0.25, 0.3) is 0 Å². The number of morpholine rings is 1. The molecule has 2 aliphatic rings. The van der Waals surface area contributed by atoms with Crippen LogP contribution < -0.4 is 10.1 Å². The summed E-state index contributed by atoms with van der Waals surface area (Å²) in [6, 6.07) is 9.72. The number of amides is 1. The molecule has 1 saturated heterocycles. The highest BCUT2D eigenvalue weighted by molar-refractivity contribution is 6.30. The molecule has 1 amide bonds. The SMILES string of the molecule is CC1CN(CC(=O)NCC(c2cccnc2)N2CCOCC2)Cc2cc(Cl)ccc2O1. The number of halogens is 1. The van der Waals surface area contributed by atoms with Crippen LogP contribution in [0.4, 0.5) is 0 Å². The molecule has 2 unspecified atom stereocenters. The van der Waals surface area contributed by atoms with Crippen molar-refractivity contribution in [2.24, 2.45) is 0 Å². The Hall–Kier alpha value is -2.19. The average molecular weight is 445 g/mol. The van der Waals surface area contributed by atoms with Crippen molar-refractivity contribution in [3.63, 3.8) is 0 Å². The lowest BCUT2D eigenvalue weighted by Gasteiger charge is -2.34. The third-order valence-electron chi connectivity index (χ3n) is 5.68. The zero-order valence-electron chi connectivity index (χ0n) is 17.8. The molecular weight excluding hydrogens is 416 g/mol. The van der Waals surface area contributed by atoms with Crippen LogP contribution in [0.5, 0.6) is 5.75 Å². The molecule has 8 heteroatoms. The van der Waals surface area contributed by atoms with Crippen LogP contribution >= 0.6 is 11.6 Å². The second-order valence-electron chi connectivity index (χ2n) is 8.10. The molecule has 2 aliphatic heterocycles. The number of benzene rings is 1. The van der Waals surface area contributed by atoms with Gasteiger partial charge in [0.15, 0.2) is 0 Å². The summed E-state index contributed by atoms with van der Waals surface area (Å²) in [5.74, 6) is 0.837. The van der Waals surface area contributed by atoms with Crippen LogP contribution in [0.15, 0.2) is 42.7 Å². The summed E-state index contributed by atoms with van der Waals surface area (Å²) in [6.45, 7) is 7.26. The fraction of sp³-hybridized carbons (Fsp3) is 0.478. The first-order valence-corrected chi connectivity index (χ1v) is 11.1. The van der Waals surface area contributed by atoms with Gasteiger partial charge in [0.2, 0.25) is 5.91 Å². The van der Waals surface area contributed by atoms with Crippen molar-refractivity contribution in [3.05, 3.63) is 58.9 Å². The molecule has 4 rings (SSSR count). The van der Waals surface area contributed by atoms with Gasteiger partial charge in [-0.2, -0.15) is 0 Å². The zero-order chi connectivity index (χ0) is 21.6. The standard InChI is InChI=1S/C23H29ClN4O3/c1-17-14-27(15-19-11-20(24)4-5-22(19)31-17)16-23(29)26-13-21(18-3-2-6-25-12-18)28-7-9-30-10-8-28/h2-6,11-12,17,21H,7-10,13-16H2,1H3,(H,26,29). The summed E-state index contributed by atoms with van der Waals surface area (Å²) in [4.78, 5) is 21.6. The number of nitrogens with one attached hydrogen (secondary N) is 1. The Balaban J connectivity index is 1.39. The van der Waals surface area contributed by atoms with E-state index in [1.54, 1.807) is 6.20 Å². The Morgan fingerprint density at radius 3 is 2.94 bits per heavy atom. The first kappa shape index (κ1) is 22.0. The Kier molecular flexibility index (Phi) is 7.40. The molecule has 166 valence electrons. The van der Waals surface area contributed by atoms with Crippen molar-refractivity contribution < 1.29 is 14.3 Å². The van der Waals surface area contributed by atoms with Gasteiger partial charge in [0.1, 0.15) is 11.9 Å². The molecular formula is C23H29ClN4O3. The lowest BCUT2D eigenvalue weighted by atomic mass is 10.1. The van der Waals surface area contributed by atoms with Gasteiger partial charge in [0.25, 0.3) is 0 Å². The van der Waals surface area contributed by atoms with Gasteiger partial charge < -0.3 is 14.8 Å². The summed E-state index contributed by atoms with van der Waals surface area (Å²) in [5, 5.41) is 3.81. The fourth-order valence-electron chi connectivity index (χ4n) is 4.22. The smallest absolute Gasteiger partial charge is 0.234 e. The third kappa shape index (κ3) is 5.95. The van der Waals surface area contributed by atoms with E-state index >= 15 is 0 Å². The van der Waals surface area contributed by atoms with Gasteiger partial charge in [-0.1, -0.05) is 17.7 Å². The number of hydrogen-bond donors (Lipinski definition) is 1. The molecule has 31 heavy (non-hydrogen) atoms. The lowest BCUT2D eigenvalue weighted by molar-refractivity contribution is -0.122. The van der Waals surface area contributed by atoms with Gasteiger partial charge >= 0.3 is 0 Å². The molecule has 1 fully saturated rings. The van der Waals surface area contributed by atoms with E-state index in [-0.39, 0.29) is 18.1 Å². The maximum absolute atomic E-state index is 12.8. The number of fused-ring (bicyclic) bond motifs is 1. The highest BCUT2D eigenvalue weighted by Gasteiger charge is 2.25. The van der Waals surface area contributed by atoms with Crippen LogP contribution in [-0.4, -0.2) is 72.7 Å². The molecule has 1 N–H and O–H groups in total. The van der Waals surface area contributed by atoms with Gasteiger partial charge in [-0.3, -0.25) is 19.6 Å². The van der Waals surface area contributed by atoms with Crippen LogP contribution in [0.3, 0.4) is 0 Å². The lowest BCUT2D eigenvalue weighted by Crippen LogP contribution is -2.46. The van der Waals surface area contributed by atoms with E-state index < -0.39 is 0 Å². The van der Waals surface area contributed by atoms with Crippen molar-refractivity contribution in [3.8, 4) is 5.75 Å². The second-order valence-corrected chi connectivity index (χ2v) is 8.54. The minimum Gasteiger partial charge on any atom is -0.489 e. The molecule has 0 aliphatic carbocycles. The number of nitrogens with zero attached hydrogens (tertiary/aromatic N) is 3. The first-order valence-electron chi connectivity index (χ1n) is 10.7. The van der Waals surface area contributed by atoms with Gasteiger partial charge in [-0.15, -0.1) is 0 Å². The van der Waals surface area contributed by atoms with E-state index in [1.165, 1.54) is 0 Å². The van der Waals surface area contributed by atoms with Crippen LogP contribution in [0.1, 0.15) is 24.1 Å². The molecule has 2 aromatic rings. The number of ether oxygens (including phenoxy) is 2. The topological polar surface area (TPSA) is 66.9 Å². The summed E-state index contributed by atoms with van der Waals surface area (Å²) < 4.78 is 11.5. The zero-order valence-corrected chi connectivity index (χ0v) is 18.6. The highest BCUT2D eigenvalue weighted by atomic mass is 35.5. The van der Waals surface area contributed by atoms with Crippen molar-refractivity contribution in [2.75, 3.05) is 45.9 Å². The van der Waals surface area contributed by atoms with E-state index in [9.17, 15) is 4.79 Å². The summed E-state index contributed by atoms with van der Waals surface area (Å²) in [5.41, 5.74) is 2.11. The summed E-state index contributed by atoms with van der Waals surface area (Å²) >= 11 is 6.16. The number of aromatic nitrogens is 1. The maximum atomic E-state index is 12.8. The fourth-order valence-corrected chi connectivity index (χ4v) is 4.41. The quantitative estimate of drug-likeness (QED) is 0.738. The normalized spacial score (nSPS) is 20.9. The maximum Gasteiger partial charge on any atom is 0.234 e. The van der Waals surface area contributed by atoms with Crippen molar-refractivity contribution in [1.82, 2.24) is 20.1 Å². The van der Waals surface area contributed by atoms with E-state index in [0.29, 0.717) is 44.4 Å². The molecule has 1 aromatic heterocycles. The average Bonchev–Trinajstić information content (AvgIpc) is 2.92. The van der Waals surface area contributed by atoms with Crippen LogP contribution in [-0.2, 0) is 16.1 Å². The van der Waals surface area contributed by atoms with Gasteiger partial charge in [-0.25, -0.2) is 0 Å². The molecule has 1 aromatic carbocycles. The molecule has 2 atom stereocenters. The van der Waals surface area contributed by atoms with Crippen molar-refractivity contribution >= 4 is 17.5 Å². The van der Waals surface area contributed by atoms with Crippen LogP contribution in [0.2, 0.25) is 5.02 Å². The summed E-state index contributed by atoms with van der Waals surface area (Å²) in [6.07, 6.45) is 3.64. The molecule has 7 nitrogen and oxygen atoms in total. The minimum absolute atomic E-state index is 0.000159. The molecule has 0 saturated carbocycles. The van der Waals surface area contributed by atoms with Gasteiger partial charge in [0, 0.05) is 55.7 Å². The van der Waals surface area contributed by atoms with Crippen LogP contribution in [0, 0.1) is 0 Å². The molecule has 0 bridgehead atoms.